The van der Waals surface area contributed by atoms with Crippen LogP contribution in [-0.2, 0) is 11.3 Å². The Labute approximate surface area is 146 Å². The van der Waals surface area contributed by atoms with E-state index in [1.807, 2.05) is 18.2 Å². The van der Waals surface area contributed by atoms with E-state index in [-0.39, 0.29) is 43.0 Å². The van der Waals surface area contributed by atoms with Crippen LogP contribution in [0.2, 0.25) is 0 Å². The Bertz CT molecular complexity index is 962. The highest BCUT2D eigenvalue weighted by Crippen LogP contribution is 2.14. The van der Waals surface area contributed by atoms with Crippen molar-refractivity contribution in [3.05, 3.63) is 52.3 Å². The first-order chi connectivity index (χ1) is 12.5. The van der Waals surface area contributed by atoms with Crippen molar-refractivity contribution >= 4 is 28.5 Å². The Balaban J connectivity index is 1.44. The third-order valence-electron chi connectivity index (χ3n) is 3.54. The van der Waals surface area contributed by atoms with Crippen molar-refractivity contribution in [2.45, 2.75) is 6.54 Å². The first-order valence-electron chi connectivity index (χ1n) is 7.70. The minimum atomic E-state index is -0.636. The number of rotatable bonds is 7. The van der Waals surface area contributed by atoms with Gasteiger partial charge in [-0.3, -0.25) is 14.7 Å². The van der Waals surface area contributed by atoms with E-state index in [0.29, 0.717) is 5.39 Å². The van der Waals surface area contributed by atoms with Crippen LogP contribution in [0.4, 0.5) is 5.82 Å². The summed E-state index contributed by atoms with van der Waals surface area (Å²) in [6.45, 7) is 0.271. The highest BCUT2D eigenvalue weighted by molar-refractivity contribution is 6.04. The zero-order valence-electron chi connectivity index (χ0n) is 13.5. The van der Waals surface area contributed by atoms with Gasteiger partial charge in [-0.1, -0.05) is 18.2 Å². The fourth-order valence-corrected chi connectivity index (χ4v) is 2.34. The predicted molar refractivity (Wildman–Crippen MR) is 90.3 cm³/mol. The molecule has 2 heterocycles. The quantitative estimate of drug-likeness (QED) is 0.313. The summed E-state index contributed by atoms with van der Waals surface area (Å²) in [6.07, 6.45) is 1.35. The highest BCUT2D eigenvalue weighted by Gasteiger charge is 2.14. The van der Waals surface area contributed by atoms with Gasteiger partial charge in [-0.15, -0.1) is 0 Å². The summed E-state index contributed by atoms with van der Waals surface area (Å²) < 4.78 is 1.17. The molecular formula is C15H15N7O4. The number of amides is 2. The van der Waals surface area contributed by atoms with Crippen molar-refractivity contribution in [1.29, 1.82) is 0 Å². The second kappa shape index (κ2) is 7.42. The van der Waals surface area contributed by atoms with E-state index >= 15 is 0 Å². The topological polar surface area (TPSA) is 148 Å². The number of carbonyl (C=O) groups excluding carboxylic acids is 2. The molecule has 0 fully saturated rings. The summed E-state index contributed by atoms with van der Waals surface area (Å²) in [6, 6.07) is 8.47. The lowest BCUT2D eigenvalue weighted by molar-refractivity contribution is -0.389. The van der Waals surface area contributed by atoms with E-state index in [9.17, 15) is 19.7 Å². The van der Waals surface area contributed by atoms with Crippen LogP contribution in [0.3, 0.4) is 0 Å². The number of hydrogen-bond acceptors (Lipinski definition) is 6. The SMILES string of the molecule is O=C(Cn1ccc([N+](=O)[O-])n1)NCCNC(=O)c1n[nH]c2ccccc12. The molecular weight excluding hydrogens is 342 g/mol. The summed E-state index contributed by atoms with van der Waals surface area (Å²) in [5.41, 5.74) is 1.05. The number of fused-ring (bicyclic) bond motifs is 1. The fraction of sp³-hybridized carbons (Fsp3) is 0.200. The molecule has 134 valence electrons. The van der Waals surface area contributed by atoms with E-state index in [2.05, 4.69) is 25.9 Å². The average molecular weight is 357 g/mol. The maximum atomic E-state index is 12.1. The van der Waals surface area contributed by atoms with Crippen molar-refractivity contribution in [1.82, 2.24) is 30.6 Å². The second-order valence-corrected chi connectivity index (χ2v) is 5.35. The molecule has 3 rings (SSSR count). The number of H-pyrrole nitrogens is 1. The summed E-state index contributed by atoms with van der Waals surface area (Å²) in [4.78, 5) is 33.8. The van der Waals surface area contributed by atoms with Crippen LogP contribution >= 0.6 is 0 Å². The van der Waals surface area contributed by atoms with Crippen molar-refractivity contribution in [3.63, 3.8) is 0 Å². The largest absolute Gasteiger partial charge is 0.389 e. The maximum absolute atomic E-state index is 12.1. The molecule has 1 aromatic carbocycles. The Morgan fingerprint density at radius 1 is 1.19 bits per heavy atom. The third-order valence-corrected chi connectivity index (χ3v) is 3.54. The normalized spacial score (nSPS) is 10.6. The molecule has 0 radical (unpaired) electrons. The van der Waals surface area contributed by atoms with Gasteiger partial charge in [0, 0.05) is 18.5 Å². The van der Waals surface area contributed by atoms with Gasteiger partial charge in [0.15, 0.2) is 5.69 Å². The van der Waals surface area contributed by atoms with Gasteiger partial charge < -0.3 is 20.7 Å². The van der Waals surface area contributed by atoms with Crippen molar-refractivity contribution in [2.75, 3.05) is 13.1 Å². The smallest absolute Gasteiger partial charge is 0.358 e. The van der Waals surface area contributed by atoms with Crippen LogP contribution < -0.4 is 10.6 Å². The minimum absolute atomic E-state index is 0.147. The molecule has 11 heteroatoms. The molecule has 3 N–H and O–H groups in total. The second-order valence-electron chi connectivity index (χ2n) is 5.35. The number of aromatic amines is 1. The predicted octanol–water partition coefficient (Wildman–Crippen LogP) is 0.214. The molecule has 0 aliphatic heterocycles. The van der Waals surface area contributed by atoms with Gasteiger partial charge in [0.1, 0.15) is 6.54 Å². The van der Waals surface area contributed by atoms with Crippen LogP contribution in [0.5, 0.6) is 0 Å². The molecule has 0 aliphatic rings. The van der Waals surface area contributed by atoms with Gasteiger partial charge in [-0.05, 0) is 11.0 Å². The van der Waals surface area contributed by atoms with E-state index in [4.69, 9.17) is 0 Å². The number of aromatic nitrogens is 4. The van der Waals surface area contributed by atoms with Crippen molar-refractivity contribution in [2.24, 2.45) is 0 Å². The van der Waals surface area contributed by atoms with Gasteiger partial charge in [-0.25, -0.2) is 0 Å². The Morgan fingerprint density at radius 3 is 2.73 bits per heavy atom. The molecule has 11 nitrogen and oxygen atoms in total. The number of nitrogens with zero attached hydrogens (tertiary/aromatic N) is 4. The fourth-order valence-electron chi connectivity index (χ4n) is 2.34. The van der Waals surface area contributed by atoms with E-state index in [0.717, 1.165) is 5.52 Å². The zero-order valence-corrected chi connectivity index (χ0v) is 13.5. The number of benzene rings is 1. The lowest BCUT2D eigenvalue weighted by Gasteiger charge is -2.05. The lowest BCUT2D eigenvalue weighted by atomic mass is 10.2. The number of nitro groups is 1. The molecule has 0 atom stereocenters. The standard InChI is InChI=1S/C15H15N7O4/c23-13(9-21-8-5-12(20-21)22(25)26)16-6-7-17-15(24)14-10-3-1-2-4-11(10)18-19-14/h1-5,8H,6-7,9H2,(H,16,23)(H,17,24)(H,18,19). The van der Waals surface area contributed by atoms with Crippen LogP contribution in [0.1, 0.15) is 10.5 Å². The zero-order chi connectivity index (χ0) is 18.5. The lowest BCUT2D eigenvalue weighted by Crippen LogP contribution is -2.36. The Hall–Kier alpha value is -3.76. The summed E-state index contributed by atoms with van der Waals surface area (Å²) in [7, 11) is 0. The van der Waals surface area contributed by atoms with Crippen LogP contribution in [-0.4, -0.2) is 49.8 Å². The monoisotopic (exact) mass is 357 g/mol. The van der Waals surface area contributed by atoms with Crippen LogP contribution in [0.25, 0.3) is 10.9 Å². The van der Waals surface area contributed by atoms with E-state index in [1.165, 1.54) is 16.9 Å². The number of hydrogen-bond donors (Lipinski definition) is 3. The molecule has 0 aliphatic carbocycles. The van der Waals surface area contributed by atoms with Gasteiger partial charge >= 0.3 is 5.82 Å². The van der Waals surface area contributed by atoms with Crippen molar-refractivity contribution < 1.29 is 14.5 Å². The van der Waals surface area contributed by atoms with Gasteiger partial charge in [-0.2, -0.15) is 9.78 Å². The molecule has 3 aromatic rings. The summed E-state index contributed by atoms with van der Waals surface area (Å²) in [5, 5.41) is 26.9. The number of carbonyl (C=O) groups is 2. The van der Waals surface area contributed by atoms with Crippen molar-refractivity contribution in [3.8, 4) is 0 Å². The first kappa shape index (κ1) is 17.1. The molecule has 0 unspecified atom stereocenters. The molecule has 2 amide bonds. The summed E-state index contributed by atoms with van der Waals surface area (Å²) >= 11 is 0. The third kappa shape index (κ3) is 3.83. The number of para-hydroxylation sites is 1. The van der Waals surface area contributed by atoms with Crippen LogP contribution in [0.15, 0.2) is 36.5 Å². The molecule has 0 saturated heterocycles. The molecule has 0 bridgehead atoms. The van der Waals surface area contributed by atoms with Gasteiger partial charge in [0.25, 0.3) is 5.91 Å². The van der Waals surface area contributed by atoms with Gasteiger partial charge in [0.2, 0.25) is 5.91 Å². The maximum Gasteiger partial charge on any atom is 0.389 e. The van der Waals surface area contributed by atoms with E-state index in [1.54, 1.807) is 6.07 Å². The highest BCUT2D eigenvalue weighted by atomic mass is 16.6. The molecule has 2 aromatic heterocycles. The Morgan fingerprint density at radius 2 is 1.96 bits per heavy atom. The number of nitrogens with one attached hydrogen (secondary N) is 3. The summed E-state index contributed by atoms with van der Waals surface area (Å²) in [5.74, 6) is -1.04. The molecule has 26 heavy (non-hydrogen) atoms. The van der Waals surface area contributed by atoms with Crippen LogP contribution in [0, 0.1) is 10.1 Å². The van der Waals surface area contributed by atoms with E-state index < -0.39 is 4.92 Å². The Kier molecular flexibility index (Phi) is 4.87. The minimum Gasteiger partial charge on any atom is -0.358 e. The molecule has 0 spiro atoms. The average Bonchev–Trinajstić information content (AvgIpc) is 3.25. The first-order valence-corrected chi connectivity index (χ1v) is 7.70. The van der Waals surface area contributed by atoms with Gasteiger partial charge in [0.05, 0.1) is 22.9 Å². The molecule has 0 saturated carbocycles.